The number of anilines is 2. The number of methoxy groups -OCH3 is 1. The van der Waals surface area contributed by atoms with Gasteiger partial charge >= 0.3 is 12.3 Å². The zero-order valence-corrected chi connectivity index (χ0v) is 20.1. The highest BCUT2D eigenvalue weighted by Gasteiger charge is 2.36. The number of hydrogen-bond donors (Lipinski definition) is 4. The number of aromatic amines is 1. The Hall–Kier alpha value is -4.13. The minimum absolute atomic E-state index is 0.0189. The second-order valence-corrected chi connectivity index (χ2v) is 8.77. The van der Waals surface area contributed by atoms with E-state index in [1.54, 1.807) is 36.3 Å². The van der Waals surface area contributed by atoms with Crippen molar-refractivity contribution in [1.82, 2.24) is 30.0 Å². The van der Waals surface area contributed by atoms with Crippen LogP contribution in [0, 0.1) is 0 Å². The number of halogens is 3. The first kappa shape index (κ1) is 24.6. The summed E-state index contributed by atoms with van der Waals surface area (Å²) < 4.78 is 48.4. The molecule has 0 aliphatic carbocycles. The largest absolute Gasteiger partial charge is 0.453 e. The Balaban J connectivity index is 1.66. The summed E-state index contributed by atoms with van der Waals surface area (Å²) >= 11 is 0. The van der Waals surface area contributed by atoms with Gasteiger partial charge < -0.3 is 20.4 Å². The number of fused-ring (bicyclic) bond motifs is 1. The van der Waals surface area contributed by atoms with Crippen LogP contribution in [0.2, 0.25) is 0 Å². The van der Waals surface area contributed by atoms with Crippen molar-refractivity contribution in [1.29, 1.82) is 0 Å². The number of aromatic nitrogens is 5. The molecule has 1 amide bonds. The molecular weight excluding hydrogens is 489 g/mol. The van der Waals surface area contributed by atoms with Crippen LogP contribution < -0.4 is 16.0 Å². The number of rotatable bonds is 5. The molecule has 1 saturated heterocycles. The van der Waals surface area contributed by atoms with Gasteiger partial charge in [0.1, 0.15) is 5.56 Å². The molecule has 1 atom stereocenters. The predicted octanol–water partition coefficient (Wildman–Crippen LogP) is 4.39. The average molecular weight is 515 g/mol. The van der Waals surface area contributed by atoms with Crippen LogP contribution in [0.3, 0.4) is 0 Å². The molecule has 194 valence electrons. The maximum absolute atomic E-state index is 14.0. The van der Waals surface area contributed by atoms with E-state index in [0.717, 1.165) is 25.6 Å². The molecule has 0 unspecified atom stereocenters. The van der Waals surface area contributed by atoms with Gasteiger partial charge in [-0.25, -0.2) is 14.8 Å². The number of H-pyrrole nitrogens is 1. The zero-order valence-electron chi connectivity index (χ0n) is 20.1. The van der Waals surface area contributed by atoms with Crippen molar-refractivity contribution in [3.05, 3.63) is 42.5 Å². The van der Waals surface area contributed by atoms with Gasteiger partial charge in [-0.2, -0.15) is 18.3 Å². The predicted molar refractivity (Wildman–Crippen MR) is 132 cm³/mol. The third-order valence-electron chi connectivity index (χ3n) is 6.25. The lowest BCUT2D eigenvalue weighted by Crippen LogP contribution is -2.38. The molecule has 0 spiro atoms. The van der Waals surface area contributed by atoms with E-state index in [0.29, 0.717) is 34.3 Å². The van der Waals surface area contributed by atoms with Gasteiger partial charge in [-0.05, 0) is 25.5 Å². The number of carbonyl (C=O) groups excluding carboxylic acids is 1. The number of benzene rings is 1. The highest BCUT2D eigenvalue weighted by molar-refractivity contribution is 6.08. The molecule has 4 N–H and O–H groups in total. The van der Waals surface area contributed by atoms with Gasteiger partial charge in [0.2, 0.25) is 5.95 Å². The number of amides is 1. The Morgan fingerprint density at radius 1 is 1.27 bits per heavy atom. The standard InChI is InChI=1S/C24H25F3N8O2/c1-35-12-13(8-31-35)19-18(33-23(36)37-2)6-5-15-16(10-29-21(15)19)20-17(24(25,26)27)11-30-22(34-20)32-14-4-3-7-28-9-14/h5-6,8,10-12,14,28-29H,3-4,7,9H2,1-2H3,(H,33,36)(H,30,32,34)/t14-/m0/s1. The minimum atomic E-state index is -4.66. The van der Waals surface area contributed by atoms with Crippen LogP contribution >= 0.6 is 0 Å². The van der Waals surface area contributed by atoms with Crippen molar-refractivity contribution in [2.24, 2.45) is 7.05 Å². The van der Waals surface area contributed by atoms with E-state index in [4.69, 9.17) is 4.74 Å². The molecule has 0 bridgehead atoms. The maximum Gasteiger partial charge on any atom is 0.419 e. The fourth-order valence-electron chi connectivity index (χ4n) is 4.53. The Morgan fingerprint density at radius 2 is 2.11 bits per heavy atom. The molecule has 5 rings (SSSR count). The summed E-state index contributed by atoms with van der Waals surface area (Å²) in [4.78, 5) is 23.3. The van der Waals surface area contributed by atoms with Crippen molar-refractivity contribution in [3.8, 4) is 22.4 Å². The first-order valence-electron chi connectivity index (χ1n) is 11.6. The van der Waals surface area contributed by atoms with Gasteiger partial charge in [-0.1, -0.05) is 6.07 Å². The number of nitrogens with zero attached hydrogens (tertiary/aromatic N) is 4. The van der Waals surface area contributed by atoms with Crippen molar-refractivity contribution in [3.63, 3.8) is 0 Å². The average Bonchev–Trinajstić information content (AvgIpc) is 3.50. The van der Waals surface area contributed by atoms with E-state index in [1.807, 2.05) is 0 Å². The summed E-state index contributed by atoms with van der Waals surface area (Å²) in [5.74, 6) is 0.127. The van der Waals surface area contributed by atoms with Crippen LogP contribution in [0.25, 0.3) is 33.3 Å². The lowest BCUT2D eigenvalue weighted by atomic mass is 10.00. The van der Waals surface area contributed by atoms with Gasteiger partial charge in [0, 0.05) is 60.3 Å². The van der Waals surface area contributed by atoms with Crippen molar-refractivity contribution >= 4 is 28.6 Å². The van der Waals surface area contributed by atoms with Crippen LogP contribution in [0.15, 0.2) is 36.9 Å². The van der Waals surface area contributed by atoms with Crippen molar-refractivity contribution in [2.45, 2.75) is 25.1 Å². The van der Waals surface area contributed by atoms with Gasteiger partial charge in [-0.3, -0.25) is 10.00 Å². The Morgan fingerprint density at radius 3 is 2.78 bits per heavy atom. The van der Waals surface area contributed by atoms with Crippen LogP contribution in [0.1, 0.15) is 18.4 Å². The number of nitrogens with one attached hydrogen (secondary N) is 4. The molecule has 3 aromatic heterocycles. The van der Waals surface area contributed by atoms with Gasteiger partial charge in [0.25, 0.3) is 0 Å². The highest BCUT2D eigenvalue weighted by Crippen LogP contribution is 2.42. The Kier molecular flexibility index (Phi) is 6.46. The molecule has 1 aromatic carbocycles. The molecule has 4 heterocycles. The van der Waals surface area contributed by atoms with Gasteiger partial charge in [0.15, 0.2) is 0 Å². The maximum atomic E-state index is 14.0. The van der Waals surface area contributed by atoms with Crippen LogP contribution in [0.5, 0.6) is 0 Å². The van der Waals surface area contributed by atoms with E-state index >= 15 is 0 Å². The van der Waals surface area contributed by atoms with E-state index < -0.39 is 17.8 Å². The SMILES string of the molecule is COC(=O)Nc1ccc2c(-c3nc(N[C@H]4CCCNC4)ncc3C(F)(F)F)c[nH]c2c1-c1cnn(C)c1. The van der Waals surface area contributed by atoms with Crippen LogP contribution in [0.4, 0.5) is 29.6 Å². The second kappa shape index (κ2) is 9.73. The number of hydrogen-bond acceptors (Lipinski definition) is 7. The Bertz CT molecular complexity index is 1440. The molecule has 13 heteroatoms. The molecule has 1 fully saturated rings. The molecular formula is C24H25F3N8O2. The third-order valence-corrected chi connectivity index (χ3v) is 6.25. The smallest absolute Gasteiger partial charge is 0.419 e. The van der Waals surface area contributed by atoms with E-state index in [9.17, 15) is 18.0 Å². The van der Waals surface area contributed by atoms with Gasteiger partial charge in [-0.15, -0.1) is 0 Å². The van der Waals surface area contributed by atoms with Crippen molar-refractivity contribution in [2.75, 3.05) is 30.8 Å². The quantitative estimate of drug-likeness (QED) is 0.312. The Labute approximate surface area is 209 Å². The molecule has 10 nitrogen and oxygen atoms in total. The lowest BCUT2D eigenvalue weighted by Gasteiger charge is -2.24. The monoisotopic (exact) mass is 514 g/mol. The molecule has 0 saturated carbocycles. The van der Waals surface area contributed by atoms with E-state index in [2.05, 4.69) is 36.0 Å². The fourth-order valence-corrected chi connectivity index (χ4v) is 4.53. The minimum Gasteiger partial charge on any atom is -0.453 e. The summed E-state index contributed by atoms with van der Waals surface area (Å²) in [6.45, 7) is 1.58. The number of piperidine rings is 1. The summed E-state index contributed by atoms with van der Waals surface area (Å²) in [6, 6.07) is 3.26. The first-order chi connectivity index (χ1) is 17.7. The molecule has 1 aliphatic heterocycles. The summed E-state index contributed by atoms with van der Waals surface area (Å²) in [5, 5.41) is 13.8. The highest BCUT2D eigenvalue weighted by atomic mass is 19.4. The molecule has 0 radical (unpaired) electrons. The normalized spacial score (nSPS) is 16.1. The van der Waals surface area contributed by atoms with Gasteiger partial charge in [0.05, 0.1) is 30.2 Å². The van der Waals surface area contributed by atoms with Crippen molar-refractivity contribution < 1.29 is 22.7 Å². The lowest BCUT2D eigenvalue weighted by molar-refractivity contribution is -0.137. The number of ether oxygens (including phenoxy) is 1. The molecule has 1 aliphatic rings. The third kappa shape index (κ3) is 4.94. The first-order valence-corrected chi connectivity index (χ1v) is 11.6. The fraction of sp³-hybridized carbons (Fsp3) is 0.333. The van der Waals surface area contributed by atoms with Crippen LogP contribution in [-0.2, 0) is 18.0 Å². The molecule has 37 heavy (non-hydrogen) atoms. The number of alkyl halides is 3. The van der Waals surface area contributed by atoms with E-state index in [-0.39, 0.29) is 23.2 Å². The number of carbonyl (C=O) groups is 1. The topological polar surface area (TPSA) is 122 Å². The number of aryl methyl sites for hydroxylation is 1. The molecule has 4 aromatic rings. The summed E-state index contributed by atoms with van der Waals surface area (Å²) in [6.07, 6.45) is 2.11. The summed E-state index contributed by atoms with van der Waals surface area (Å²) in [7, 11) is 2.98. The summed E-state index contributed by atoms with van der Waals surface area (Å²) in [5.41, 5.74) is 1.19. The van der Waals surface area contributed by atoms with Crippen LogP contribution in [-0.4, -0.2) is 57.1 Å². The zero-order chi connectivity index (χ0) is 26.2. The second-order valence-electron chi connectivity index (χ2n) is 8.77. The van der Waals surface area contributed by atoms with E-state index in [1.165, 1.54) is 13.3 Å².